The number of para-hydroxylation sites is 1. The molecule has 1 aromatic heterocycles. The van der Waals surface area contributed by atoms with Crippen LogP contribution in [-0.2, 0) is 10.8 Å². The predicted molar refractivity (Wildman–Crippen MR) is 409 cm³/mol. The molecule has 0 unspecified atom stereocenters. The molecular formula is C92H71BN2O. The van der Waals surface area contributed by atoms with Crippen LogP contribution in [0, 0.1) is 0 Å². The zero-order chi connectivity index (χ0) is 64.8. The minimum absolute atomic E-state index is 0.00499. The molecule has 0 N–H and O–H groups in total. The Balaban J connectivity index is 1.05. The monoisotopic (exact) mass is 1230 g/mol. The summed E-state index contributed by atoms with van der Waals surface area (Å²) < 4.78 is 6.69. The van der Waals surface area contributed by atoms with E-state index in [9.17, 15) is 0 Å². The van der Waals surface area contributed by atoms with Crippen LogP contribution in [-0.4, -0.2) is 6.71 Å². The van der Waals surface area contributed by atoms with Crippen molar-refractivity contribution in [2.45, 2.75) is 52.4 Å². The summed E-state index contributed by atoms with van der Waals surface area (Å²) in [6.07, 6.45) is 0. The van der Waals surface area contributed by atoms with Crippen molar-refractivity contribution in [1.82, 2.24) is 0 Å². The van der Waals surface area contributed by atoms with E-state index in [1.54, 1.807) is 0 Å². The third kappa shape index (κ3) is 10.1. The topological polar surface area (TPSA) is 19.6 Å². The van der Waals surface area contributed by atoms with Crippen molar-refractivity contribution in [2.24, 2.45) is 0 Å². The molecule has 14 aromatic carbocycles. The average Bonchev–Trinajstić information content (AvgIpc) is 0.732. The van der Waals surface area contributed by atoms with Gasteiger partial charge in [0, 0.05) is 55.8 Å². The van der Waals surface area contributed by atoms with E-state index >= 15 is 0 Å². The molecule has 17 rings (SSSR count). The van der Waals surface area contributed by atoms with Crippen molar-refractivity contribution in [3.05, 3.63) is 333 Å². The Hall–Kier alpha value is -11.5. The molecule has 96 heavy (non-hydrogen) atoms. The number of rotatable bonds is 10. The van der Waals surface area contributed by atoms with Crippen LogP contribution < -0.4 is 26.2 Å². The second kappa shape index (κ2) is 23.2. The van der Waals surface area contributed by atoms with Gasteiger partial charge in [-0.1, -0.05) is 302 Å². The quantitative estimate of drug-likeness (QED) is 0.127. The molecule has 2 aliphatic rings. The first-order valence-corrected chi connectivity index (χ1v) is 33.7. The van der Waals surface area contributed by atoms with Crippen LogP contribution in [0.15, 0.2) is 326 Å². The van der Waals surface area contributed by atoms with E-state index in [0.717, 1.165) is 134 Å². The van der Waals surface area contributed by atoms with Gasteiger partial charge in [0.2, 0.25) is 0 Å². The highest BCUT2D eigenvalue weighted by atomic mass is 16.3. The Morgan fingerprint density at radius 3 is 1.06 bits per heavy atom. The molecule has 458 valence electrons. The summed E-state index contributed by atoms with van der Waals surface area (Å²) in [6, 6.07) is 120. The van der Waals surface area contributed by atoms with Crippen molar-refractivity contribution in [1.29, 1.82) is 0 Å². The molecule has 3 heterocycles. The van der Waals surface area contributed by atoms with E-state index in [4.69, 9.17) is 4.42 Å². The van der Waals surface area contributed by atoms with Crippen LogP contribution in [0.25, 0.3) is 111 Å². The first-order chi connectivity index (χ1) is 46.9. The van der Waals surface area contributed by atoms with E-state index in [0.29, 0.717) is 0 Å². The van der Waals surface area contributed by atoms with Gasteiger partial charge in [0.05, 0.1) is 11.4 Å². The summed E-state index contributed by atoms with van der Waals surface area (Å²) in [6.45, 7) is 13.8. The number of nitrogens with zero attached hydrogens (tertiary/aromatic N) is 2. The molecule has 0 amide bonds. The molecule has 0 radical (unpaired) electrons. The number of hydrogen-bond acceptors (Lipinski definition) is 3. The van der Waals surface area contributed by atoms with Crippen molar-refractivity contribution in [3.8, 4) is 89.0 Å². The van der Waals surface area contributed by atoms with Gasteiger partial charge in [0.15, 0.2) is 0 Å². The first kappa shape index (κ1) is 58.4. The molecule has 0 bridgehead atoms. The Bertz CT molecular complexity index is 5320. The number of furan rings is 1. The van der Waals surface area contributed by atoms with Gasteiger partial charge < -0.3 is 14.2 Å². The second-order valence-corrected chi connectivity index (χ2v) is 28.0. The van der Waals surface area contributed by atoms with Gasteiger partial charge in [0.1, 0.15) is 11.2 Å². The molecular weight excluding hydrogens is 1160 g/mol. The van der Waals surface area contributed by atoms with Gasteiger partial charge in [-0.15, -0.1) is 0 Å². The summed E-state index contributed by atoms with van der Waals surface area (Å²) in [5.74, 6) is 0. The standard InChI is InChI=1S/C92H71BN2O/c1-91(2,3)71-48-44-62(45-49-71)67-46-50-81-79(56-67)93-80-57-68(73-41-27-43-86-87(73)74-40-25-26-42-85(74)96-86)47-51-82(80)95(90-77(65-36-21-11-22-37-65)54-70(61-30-15-8-16-31-61)55-78(90)66-38-23-12-24-39-66)84-59-72(92(4,5)6)58-83(88(84)93)94(81)89-75(63-32-17-9-18-33-63)52-69(60-28-13-7-14-29-60)53-76(89)64-34-19-10-20-35-64/h7-59H,1-6H3. The lowest BCUT2D eigenvalue weighted by molar-refractivity contribution is 0.590. The predicted octanol–water partition coefficient (Wildman–Crippen LogP) is 23.6. The maximum absolute atomic E-state index is 6.69. The largest absolute Gasteiger partial charge is 0.456 e. The van der Waals surface area contributed by atoms with Crippen molar-refractivity contribution >= 4 is 79.2 Å². The van der Waals surface area contributed by atoms with E-state index in [2.05, 4.69) is 373 Å². The van der Waals surface area contributed by atoms with E-state index < -0.39 is 0 Å². The van der Waals surface area contributed by atoms with E-state index in [-0.39, 0.29) is 17.5 Å². The van der Waals surface area contributed by atoms with Gasteiger partial charge in [-0.2, -0.15) is 0 Å². The highest BCUT2D eigenvalue weighted by Gasteiger charge is 2.46. The van der Waals surface area contributed by atoms with Gasteiger partial charge in [-0.3, -0.25) is 0 Å². The van der Waals surface area contributed by atoms with Crippen LogP contribution in [0.1, 0.15) is 52.7 Å². The Labute approximate surface area is 564 Å². The molecule has 0 aliphatic carbocycles. The SMILES string of the molecule is CC(C)(C)c1ccc(-c2ccc3c(c2)B2c4cc(-c5cccc6oc7ccccc7c56)ccc4N(c4c(-c5ccccc5)cc(-c5ccccc5)cc4-c4ccccc4)c4cc(C(C)(C)C)cc(c42)N3c2c(-c3ccccc3)cc(-c3ccccc3)cc2-c2ccccc2)cc1. The molecule has 0 fully saturated rings. The Kier molecular flexibility index (Phi) is 14.1. The van der Waals surface area contributed by atoms with Crippen molar-refractivity contribution in [3.63, 3.8) is 0 Å². The molecule has 2 aliphatic heterocycles. The fourth-order valence-electron chi connectivity index (χ4n) is 15.1. The number of anilines is 6. The molecule has 15 aromatic rings. The lowest BCUT2D eigenvalue weighted by Crippen LogP contribution is -2.61. The molecule has 4 heteroatoms. The first-order valence-electron chi connectivity index (χ1n) is 33.7. The fraction of sp³-hybridized carbons (Fsp3) is 0.0870. The zero-order valence-electron chi connectivity index (χ0n) is 55.0. The average molecular weight is 1230 g/mol. The van der Waals surface area contributed by atoms with Gasteiger partial charge in [-0.05, 0) is 166 Å². The van der Waals surface area contributed by atoms with Crippen LogP contribution >= 0.6 is 0 Å². The molecule has 0 saturated carbocycles. The number of fused-ring (bicyclic) bond motifs is 7. The highest BCUT2D eigenvalue weighted by Crippen LogP contribution is 2.55. The summed E-state index contributed by atoms with van der Waals surface area (Å²) in [7, 11) is 0. The Morgan fingerprint density at radius 1 is 0.260 bits per heavy atom. The third-order valence-electron chi connectivity index (χ3n) is 20.0. The van der Waals surface area contributed by atoms with Gasteiger partial charge in [0.25, 0.3) is 6.71 Å². The van der Waals surface area contributed by atoms with Crippen molar-refractivity contribution < 1.29 is 4.42 Å². The third-order valence-corrected chi connectivity index (χ3v) is 20.0. The fourth-order valence-corrected chi connectivity index (χ4v) is 15.1. The lowest BCUT2D eigenvalue weighted by Gasteiger charge is -2.46. The lowest BCUT2D eigenvalue weighted by atomic mass is 9.33. The van der Waals surface area contributed by atoms with Crippen LogP contribution in [0.2, 0.25) is 0 Å². The Morgan fingerprint density at radius 2 is 0.625 bits per heavy atom. The van der Waals surface area contributed by atoms with E-state index in [1.165, 1.54) is 38.6 Å². The summed E-state index contributed by atoms with van der Waals surface area (Å²) in [5.41, 5.74) is 32.8. The smallest absolute Gasteiger partial charge is 0.252 e. The maximum atomic E-state index is 6.69. The van der Waals surface area contributed by atoms with Crippen LogP contribution in [0.5, 0.6) is 0 Å². The molecule has 3 nitrogen and oxygen atoms in total. The van der Waals surface area contributed by atoms with Gasteiger partial charge in [-0.25, -0.2) is 0 Å². The molecule has 0 spiro atoms. The minimum Gasteiger partial charge on any atom is -0.456 e. The molecule has 0 saturated heterocycles. The van der Waals surface area contributed by atoms with Crippen LogP contribution in [0.3, 0.4) is 0 Å². The zero-order valence-corrected chi connectivity index (χ0v) is 55.0. The van der Waals surface area contributed by atoms with Gasteiger partial charge >= 0.3 is 0 Å². The van der Waals surface area contributed by atoms with Crippen LogP contribution in [0.4, 0.5) is 34.1 Å². The number of hydrogen-bond donors (Lipinski definition) is 0. The summed E-state index contributed by atoms with van der Waals surface area (Å²) in [5, 5.41) is 2.22. The minimum atomic E-state index is -0.304. The summed E-state index contributed by atoms with van der Waals surface area (Å²) >= 11 is 0. The summed E-state index contributed by atoms with van der Waals surface area (Å²) in [4.78, 5) is 5.37. The van der Waals surface area contributed by atoms with E-state index in [1.807, 2.05) is 0 Å². The molecule has 0 atom stereocenters. The maximum Gasteiger partial charge on any atom is 0.252 e. The number of benzene rings is 14. The highest BCUT2D eigenvalue weighted by molar-refractivity contribution is 7.00. The van der Waals surface area contributed by atoms with Crippen molar-refractivity contribution in [2.75, 3.05) is 9.80 Å². The second-order valence-electron chi connectivity index (χ2n) is 28.0. The normalized spacial score (nSPS) is 12.6.